The third-order valence-electron chi connectivity index (χ3n) is 2.65. The predicted octanol–water partition coefficient (Wildman–Crippen LogP) is 3.43. The Morgan fingerprint density at radius 1 is 1.33 bits per heavy atom. The number of anilines is 1. The number of carbonyl (C=O) groups is 1. The summed E-state index contributed by atoms with van der Waals surface area (Å²) in [5.41, 5.74) is 1.63. The monoisotopic (exact) mass is 289 g/mol. The zero-order valence-corrected chi connectivity index (χ0v) is 12.6. The maximum Gasteiger partial charge on any atom is 0.412 e. The van der Waals surface area contributed by atoms with E-state index in [0.717, 1.165) is 11.3 Å². The number of H-pyrrole nitrogens is 1. The molecule has 2 aromatic rings. The van der Waals surface area contributed by atoms with Gasteiger partial charge in [-0.2, -0.15) is 0 Å². The first kappa shape index (κ1) is 14.9. The summed E-state index contributed by atoms with van der Waals surface area (Å²) >= 11 is 0. The SMILES string of the molecule is COc1ccc(-c2cnc[nH]2)c(NC(=O)OC(C)(C)C)c1. The van der Waals surface area contributed by atoms with Crippen molar-refractivity contribution in [1.29, 1.82) is 0 Å². The lowest BCUT2D eigenvalue weighted by Crippen LogP contribution is -2.27. The van der Waals surface area contributed by atoms with E-state index in [2.05, 4.69) is 15.3 Å². The number of aromatic nitrogens is 2. The fraction of sp³-hybridized carbons (Fsp3) is 0.333. The van der Waals surface area contributed by atoms with Crippen molar-refractivity contribution in [2.24, 2.45) is 0 Å². The highest BCUT2D eigenvalue weighted by Crippen LogP contribution is 2.30. The van der Waals surface area contributed by atoms with Crippen LogP contribution in [0.1, 0.15) is 20.8 Å². The van der Waals surface area contributed by atoms with E-state index in [4.69, 9.17) is 9.47 Å². The molecule has 0 bridgehead atoms. The fourth-order valence-electron chi connectivity index (χ4n) is 1.81. The molecule has 0 atom stereocenters. The van der Waals surface area contributed by atoms with Gasteiger partial charge in [0.15, 0.2) is 0 Å². The average molecular weight is 289 g/mol. The number of rotatable bonds is 3. The smallest absolute Gasteiger partial charge is 0.412 e. The molecule has 0 aliphatic rings. The third kappa shape index (κ3) is 3.98. The Labute approximate surface area is 123 Å². The minimum absolute atomic E-state index is 0.517. The highest BCUT2D eigenvalue weighted by atomic mass is 16.6. The third-order valence-corrected chi connectivity index (χ3v) is 2.65. The van der Waals surface area contributed by atoms with Gasteiger partial charge in [-0.15, -0.1) is 0 Å². The largest absolute Gasteiger partial charge is 0.497 e. The molecule has 0 spiro atoms. The van der Waals surface area contributed by atoms with Crippen LogP contribution in [0.15, 0.2) is 30.7 Å². The standard InChI is InChI=1S/C15H19N3O3/c1-15(2,3)21-14(19)18-12-7-10(20-4)5-6-11(12)13-8-16-9-17-13/h5-9H,1-4H3,(H,16,17)(H,18,19). The molecule has 1 aromatic carbocycles. The number of hydrogen-bond donors (Lipinski definition) is 2. The van der Waals surface area contributed by atoms with Gasteiger partial charge in [-0.3, -0.25) is 5.32 Å². The Morgan fingerprint density at radius 3 is 2.67 bits per heavy atom. The number of imidazole rings is 1. The summed E-state index contributed by atoms with van der Waals surface area (Å²) in [4.78, 5) is 18.9. The quantitative estimate of drug-likeness (QED) is 0.907. The van der Waals surface area contributed by atoms with Crippen LogP contribution in [0.3, 0.4) is 0 Å². The number of hydrogen-bond acceptors (Lipinski definition) is 4. The first-order chi connectivity index (χ1) is 9.89. The lowest BCUT2D eigenvalue weighted by Gasteiger charge is -2.20. The molecule has 0 saturated carbocycles. The number of methoxy groups -OCH3 is 1. The van der Waals surface area contributed by atoms with Gasteiger partial charge in [-0.05, 0) is 32.9 Å². The fourth-order valence-corrected chi connectivity index (χ4v) is 1.81. The van der Waals surface area contributed by atoms with Gasteiger partial charge in [-0.25, -0.2) is 9.78 Å². The Bertz CT molecular complexity index is 616. The summed E-state index contributed by atoms with van der Waals surface area (Å²) in [6, 6.07) is 5.40. The maximum absolute atomic E-state index is 11.9. The van der Waals surface area contributed by atoms with Gasteiger partial charge < -0.3 is 14.5 Å². The summed E-state index contributed by atoms with van der Waals surface area (Å²) in [5, 5.41) is 2.74. The van der Waals surface area contributed by atoms with Crippen LogP contribution in [0.25, 0.3) is 11.3 Å². The molecule has 112 valence electrons. The van der Waals surface area contributed by atoms with Crippen LogP contribution in [0.5, 0.6) is 5.75 Å². The summed E-state index contributed by atoms with van der Waals surface area (Å²) in [6.45, 7) is 5.44. The van der Waals surface area contributed by atoms with Gasteiger partial charge >= 0.3 is 6.09 Å². The maximum atomic E-state index is 11.9. The number of benzene rings is 1. The van der Waals surface area contributed by atoms with E-state index >= 15 is 0 Å². The van der Waals surface area contributed by atoms with E-state index in [1.54, 1.807) is 25.7 Å². The van der Waals surface area contributed by atoms with Crippen LogP contribution in [0.2, 0.25) is 0 Å². The highest BCUT2D eigenvalue weighted by molar-refractivity contribution is 5.91. The first-order valence-electron chi connectivity index (χ1n) is 6.56. The molecule has 0 aliphatic heterocycles. The van der Waals surface area contributed by atoms with Crippen molar-refractivity contribution in [3.05, 3.63) is 30.7 Å². The minimum atomic E-state index is -0.558. The van der Waals surface area contributed by atoms with Crippen molar-refractivity contribution in [3.63, 3.8) is 0 Å². The summed E-state index contributed by atoms with van der Waals surface area (Å²) in [6.07, 6.45) is 2.75. The second-order valence-corrected chi connectivity index (χ2v) is 5.50. The molecule has 21 heavy (non-hydrogen) atoms. The molecule has 1 heterocycles. The van der Waals surface area contributed by atoms with Gasteiger partial charge in [-0.1, -0.05) is 0 Å². The van der Waals surface area contributed by atoms with E-state index in [0.29, 0.717) is 11.4 Å². The van der Waals surface area contributed by atoms with Gasteiger partial charge in [0.05, 0.1) is 31.0 Å². The van der Waals surface area contributed by atoms with Gasteiger partial charge in [0, 0.05) is 11.6 Å². The van der Waals surface area contributed by atoms with Crippen LogP contribution in [0.4, 0.5) is 10.5 Å². The van der Waals surface area contributed by atoms with Crippen molar-refractivity contribution >= 4 is 11.8 Å². The zero-order chi connectivity index (χ0) is 15.5. The topological polar surface area (TPSA) is 76.2 Å². The van der Waals surface area contributed by atoms with Crippen LogP contribution < -0.4 is 10.1 Å². The van der Waals surface area contributed by atoms with E-state index < -0.39 is 11.7 Å². The number of aromatic amines is 1. The van der Waals surface area contributed by atoms with Crippen molar-refractivity contribution in [2.75, 3.05) is 12.4 Å². The van der Waals surface area contributed by atoms with E-state index in [1.165, 1.54) is 0 Å². The Hall–Kier alpha value is -2.50. The van der Waals surface area contributed by atoms with Crippen LogP contribution >= 0.6 is 0 Å². The summed E-state index contributed by atoms with van der Waals surface area (Å²) in [5.74, 6) is 0.643. The summed E-state index contributed by atoms with van der Waals surface area (Å²) in [7, 11) is 1.57. The molecule has 0 saturated heterocycles. The molecule has 6 heteroatoms. The number of amides is 1. The lowest BCUT2D eigenvalue weighted by molar-refractivity contribution is 0.0636. The van der Waals surface area contributed by atoms with Crippen molar-refractivity contribution in [1.82, 2.24) is 9.97 Å². The predicted molar refractivity (Wildman–Crippen MR) is 80.4 cm³/mol. The Kier molecular flexibility index (Phi) is 4.16. The van der Waals surface area contributed by atoms with Gasteiger partial charge in [0.2, 0.25) is 0 Å². The highest BCUT2D eigenvalue weighted by Gasteiger charge is 2.18. The van der Waals surface area contributed by atoms with Crippen molar-refractivity contribution in [2.45, 2.75) is 26.4 Å². The number of carbonyl (C=O) groups excluding carboxylic acids is 1. The Balaban J connectivity index is 2.30. The minimum Gasteiger partial charge on any atom is -0.497 e. The van der Waals surface area contributed by atoms with Crippen molar-refractivity contribution in [3.8, 4) is 17.0 Å². The van der Waals surface area contributed by atoms with Crippen LogP contribution in [-0.4, -0.2) is 28.8 Å². The van der Waals surface area contributed by atoms with Crippen molar-refractivity contribution < 1.29 is 14.3 Å². The molecule has 6 nitrogen and oxygen atoms in total. The lowest BCUT2D eigenvalue weighted by atomic mass is 10.1. The molecule has 1 amide bonds. The molecule has 1 aromatic heterocycles. The molecule has 2 N–H and O–H groups in total. The van der Waals surface area contributed by atoms with Gasteiger partial charge in [0.25, 0.3) is 0 Å². The Morgan fingerprint density at radius 2 is 2.10 bits per heavy atom. The number of ether oxygens (including phenoxy) is 2. The molecule has 0 radical (unpaired) electrons. The molecular weight excluding hydrogens is 270 g/mol. The molecule has 0 aliphatic carbocycles. The molecule has 0 fully saturated rings. The van der Waals surface area contributed by atoms with Crippen LogP contribution in [-0.2, 0) is 4.74 Å². The summed E-state index contributed by atoms with van der Waals surface area (Å²) < 4.78 is 10.5. The molecule has 2 rings (SSSR count). The van der Waals surface area contributed by atoms with E-state index in [-0.39, 0.29) is 0 Å². The first-order valence-corrected chi connectivity index (χ1v) is 6.56. The average Bonchev–Trinajstić information content (AvgIpc) is 2.90. The van der Waals surface area contributed by atoms with E-state index in [9.17, 15) is 4.79 Å². The zero-order valence-electron chi connectivity index (χ0n) is 12.6. The van der Waals surface area contributed by atoms with E-state index in [1.807, 2.05) is 32.9 Å². The number of nitrogens with one attached hydrogen (secondary N) is 2. The van der Waals surface area contributed by atoms with Gasteiger partial charge in [0.1, 0.15) is 11.4 Å². The second-order valence-electron chi connectivity index (χ2n) is 5.50. The molecular formula is C15H19N3O3. The normalized spacial score (nSPS) is 11.0. The molecule has 0 unspecified atom stereocenters. The second kappa shape index (κ2) is 5.87. The van der Waals surface area contributed by atoms with Crippen LogP contribution in [0, 0.1) is 0 Å². The number of nitrogens with zero attached hydrogens (tertiary/aromatic N) is 1.